The summed E-state index contributed by atoms with van der Waals surface area (Å²) in [6, 6.07) is 14.9. The highest BCUT2D eigenvalue weighted by Crippen LogP contribution is 2.43. The van der Waals surface area contributed by atoms with Gasteiger partial charge in [-0.3, -0.25) is 14.5 Å². The summed E-state index contributed by atoms with van der Waals surface area (Å²) in [7, 11) is 0. The molecule has 1 N–H and O–H groups in total. The highest BCUT2D eigenvalue weighted by Gasteiger charge is 2.42. The van der Waals surface area contributed by atoms with Crippen LogP contribution in [-0.4, -0.2) is 33.9 Å². The number of carbonyl (C=O) groups is 2. The number of anilines is 1. The number of carbonyl (C=O) groups excluding carboxylic acids is 2. The number of aliphatic hydroxyl groups excluding tert-OH is 1. The molecular weight excluding hydrogens is 340 g/mol. The molecule has 0 fully saturated rings. The summed E-state index contributed by atoms with van der Waals surface area (Å²) in [6.07, 6.45) is -0.244. The number of hydrogen-bond acceptors (Lipinski definition) is 3. The van der Waals surface area contributed by atoms with Crippen molar-refractivity contribution in [1.82, 2.24) is 4.90 Å². The fourth-order valence-corrected chi connectivity index (χ4v) is 4.58. The fraction of sp³-hybridized carbons (Fsp3) is 0.364. The lowest BCUT2D eigenvalue weighted by Crippen LogP contribution is -2.54. The van der Waals surface area contributed by atoms with Crippen molar-refractivity contribution >= 4 is 17.5 Å². The lowest BCUT2D eigenvalue weighted by Gasteiger charge is -2.46. The van der Waals surface area contributed by atoms with Crippen molar-refractivity contribution in [2.24, 2.45) is 0 Å². The highest BCUT2D eigenvalue weighted by molar-refractivity contribution is 6.04. The Morgan fingerprint density at radius 3 is 2.44 bits per heavy atom. The van der Waals surface area contributed by atoms with Crippen LogP contribution in [0.25, 0.3) is 0 Å². The Balaban J connectivity index is 1.66. The number of hydrogen-bond donors (Lipinski definition) is 1. The molecule has 2 amide bonds. The Labute approximate surface area is 159 Å². The SMILES string of the molecule is C[C@H]1CC(C)(C)N(C(=O)CN2C(=O)c3ccccc3C2O)c2ccccc21. The van der Waals surface area contributed by atoms with Gasteiger partial charge < -0.3 is 10.0 Å². The predicted molar refractivity (Wildman–Crippen MR) is 103 cm³/mol. The van der Waals surface area contributed by atoms with E-state index in [2.05, 4.69) is 13.0 Å². The normalized spacial score (nSPS) is 23.2. The Morgan fingerprint density at radius 1 is 1.11 bits per heavy atom. The molecule has 0 bridgehead atoms. The number of amides is 2. The molecule has 0 radical (unpaired) electrons. The van der Waals surface area contributed by atoms with Crippen molar-refractivity contribution in [2.45, 2.75) is 44.9 Å². The van der Waals surface area contributed by atoms with Crippen LogP contribution in [0.5, 0.6) is 0 Å². The molecule has 5 heteroatoms. The topological polar surface area (TPSA) is 60.9 Å². The molecule has 4 rings (SSSR count). The second kappa shape index (κ2) is 6.20. The van der Waals surface area contributed by atoms with Gasteiger partial charge in [-0.15, -0.1) is 0 Å². The summed E-state index contributed by atoms with van der Waals surface area (Å²) in [4.78, 5) is 29.0. The second-order valence-electron chi connectivity index (χ2n) is 8.10. The standard InChI is InChI=1S/C22H24N2O3/c1-14-12-22(2,3)24(18-11-7-6-8-15(14)18)19(25)13-23-20(26)16-9-4-5-10-17(16)21(23)27/h4-11,14,20,26H,12-13H2,1-3H3/t14-,20?/m0/s1. The zero-order chi connectivity index (χ0) is 19.3. The van der Waals surface area contributed by atoms with E-state index in [9.17, 15) is 14.7 Å². The van der Waals surface area contributed by atoms with Gasteiger partial charge in [-0.2, -0.15) is 0 Å². The third-order valence-corrected chi connectivity index (χ3v) is 5.70. The minimum Gasteiger partial charge on any atom is -0.369 e. The van der Waals surface area contributed by atoms with Gasteiger partial charge in [-0.1, -0.05) is 43.3 Å². The molecule has 1 unspecified atom stereocenters. The first-order chi connectivity index (χ1) is 12.8. The van der Waals surface area contributed by atoms with Gasteiger partial charge in [-0.05, 0) is 43.9 Å². The first-order valence-electron chi connectivity index (χ1n) is 9.31. The number of rotatable bonds is 2. The molecule has 5 nitrogen and oxygen atoms in total. The lowest BCUT2D eigenvalue weighted by atomic mass is 9.80. The average molecular weight is 364 g/mol. The van der Waals surface area contributed by atoms with Crippen LogP contribution < -0.4 is 4.90 Å². The van der Waals surface area contributed by atoms with Gasteiger partial charge in [0.05, 0.1) is 0 Å². The largest absolute Gasteiger partial charge is 0.369 e. The number of para-hydroxylation sites is 1. The van der Waals surface area contributed by atoms with Crippen molar-refractivity contribution < 1.29 is 14.7 Å². The molecule has 2 heterocycles. The summed E-state index contributed by atoms with van der Waals surface area (Å²) in [6.45, 7) is 6.12. The van der Waals surface area contributed by atoms with Gasteiger partial charge in [-0.25, -0.2) is 0 Å². The molecule has 0 saturated carbocycles. The zero-order valence-corrected chi connectivity index (χ0v) is 15.8. The Kier molecular flexibility index (Phi) is 4.07. The molecule has 0 aliphatic carbocycles. The fourth-order valence-electron chi connectivity index (χ4n) is 4.58. The molecule has 2 aliphatic rings. The molecule has 0 aromatic heterocycles. The minimum absolute atomic E-state index is 0.152. The molecule has 0 spiro atoms. The lowest BCUT2D eigenvalue weighted by molar-refractivity contribution is -0.122. The number of benzene rings is 2. The first-order valence-corrected chi connectivity index (χ1v) is 9.31. The Hall–Kier alpha value is -2.66. The van der Waals surface area contributed by atoms with Gasteiger partial charge in [0, 0.05) is 22.4 Å². The molecular formula is C22H24N2O3. The van der Waals surface area contributed by atoms with Crippen LogP contribution in [0, 0.1) is 0 Å². The van der Waals surface area contributed by atoms with Gasteiger partial charge >= 0.3 is 0 Å². The first kappa shape index (κ1) is 17.7. The van der Waals surface area contributed by atoms with Crippen molar-refractivity contribution in [3.05, 3.63) is 65.2 Å². The number of aliphatic hydroxyl groups is 1. The van der Waals surface area contributed by atoms with E-state index in [-0.39, 0.29) is 23.9 Å². The van der Waals surface area contributed by atoms with E-state index in [1.54, 1.807) is 29.2 Å². The minimum atomic E-state index is -1.08. The third kappa shape index (κ3) is 2.73. The summed E-state index contributed by atoms with van der Waals surface area (Å²) in [5, 5.41) is 10.6. The molecule has 27 heavy (non-hydrogen) atoms. The van der Waals surface area contributed by atoms with Crippen molar-refractivity contribution in [3.8, 4) is 0 Å². The maximum absolute atomic E-state index is 13.3. The third-order valence-electron chi connectivity index (χ3n) is 5.70. The smallest absolute Gasteiger partial charge is 0.257 e. The van der Waals surface area contributed by atoms with E-state index in [0.717, 1.165) is 17.7 Å². The maximum atomic E-state index is 13.3. The number of nitrogens with zero attached hydrogens (tertiary/aromatic N) is 2. The van der Waals surface area contributed by atoms with Gasteiger partial charge in [0.15, 0.2) is 6.23 Å². The predicted octanol–water partition coefficient (Wildman–Crippen LogP) is 3.45. The van der Waals surface area contributed by atoms with Gasteiger partial charge in [0.1, 0.15) is 6.54 Å². The van der Waals surface area contributed by atoms with Gasteiger partial charge in [0.25, 0.3) is 5.91 Å². The summed E-state index contributed by atoms with van der Waals surface area (Å²) in [5.41, 5.74) is 2.68. The van der Waals surface area contributed by atoms with Crippen LogP contribution >= 0.6 is 0 Å². The van der Waals surface area contributed by atoms with E-state index in [4.69, 9.17) is 0 Å². The molecule has 140 valence electrons. The van der Waals surface area contributed by atoms with Crippen LogP contribution in [0.3, 0.4) is 0 Å². The molecule has 2 aromatic carbocycles. The number of fused-ring (bicyclic) bond motifs is 2. The molecule has 2 atom stereocenters. The maximum Gasteiger partial charge on any atom is 0.257 e. The van der Waals surface area contributed by atoms with Crippen LogP contribution in [0.2, 0.25) is 0 Å². The monoisotopic (exact) mass is 364 g/mol. The summed E-state index contributed by atoms with van der Waals surface area (Å²) >= 11 is 0. The van der Waals surface area contributed by atoms with Crippen LogP contribution in [-0.2, 0) is 4.79 Å². The van der Waals surface area contributed by atoms with Crippen molar-refractivity contribution in [3.63, 3.8) is 0 Å². The quantitative estimate of drug-likeness (QED) is 0.888. The van der Waals surface area contributed by atoms with Crippen LogP contribution in [0.15, 0.2) is 48.5 Å². The highest BCUT2D eigenvalue weighted by atomic mass is 16.3. The van der Waals surface area contributed by atoms with Crippen molar-refractivity contribution in [2.75, 3.05) is 11.4 Å². The summed E-state index contributed by atoms with van der Waals surface area (Å²) < 4.78 is 0. The van der Waals surface area contributed by atoms with E-state index < -0.39 is 6.23 Å². The average Bonchev–Trinajstić information content (AvgIpc) is 2.86. The molecule has 2 aliphatic heterocycles. The van der Waals surface area contributed by atoms with Gasteiger partial charge in [0.2, 0.25) is 5.91 Å². The van der Waals surface area contributed by atoms with Crippen molar-refractivity contribution in [1.29, 1.82) is 0 Å². The van der Waals surface area contributed by atoms with E-state index in [1.165, 1.54) is 4.90 Å². The van der Waals surface area contributed by atoms with E-state index in [1.807, 2.05) is 32.0 Å². The molecule has 2 aromatic rings. The van der Waals surface area contributed by atoms with Crippen LogP contribution in [0.4, 0.5) is 5.69 Å². The van der Waals surface area contributed by atoms with E-state index >= 15 is 0 Å². The molecule has 0 saturated heterocycles. The second-order valence-corrected chi connectivity index (χ2v) is 8.10. The Morgan fingerprint density at radius 2 is 1.74 bits per heavy atom. The Bertz CT molecular complexity index is 921. The van der Waals surface area contributed by atoms with Crippen LogP contribution in [0.1, 0.15) is 60.8 Å². The zero-order valence-electron chi connectivity index (χ0n) is 15.8. The summed E-state index contributed by atoms with van der Waals surface area (Å²) in [5.74, 6) is -0.133. The van der Waals surface area contributed by atoms with E-state index in [0.29, 0.717) is 17.0 Å².